The van der Waals surface area contributed by atoms with Crippen molar-refractivity contribution in [2.45, 2.75) is 20.8 Å². The molecule has 0 bridgehead atoms. The molecule has 6 nitrogen and oxygen atoms in total. The summed E-state index contributed by atoms with van der Waals surface area (Å²) in [5.41, 5.74) is 7.50. The summed E-state index contributed by atoms with van der Waals surface area (Å²) in [5.74, 6) is -0.960. The van der Waals surface area contributed by atoms with Gasteiger partial charge in [0, 0.05) is 18.3 Å². The number of hydrazone groups is 1. The van der Waals surface area contributed by atoms with E-state index in [9.17, 15) is 4.79 Å². The second kappa shape index (κ2) is 5.78. The first-order chi connectivity index (χ1) is 9.90. The average molecular weight is 286 g/mol. The Hall–Kier alpha value is -2.63. The van der Waals surface area contributed by atoms with Crippen LogP contribution in [0.3, 0.4) is 0 Å². The number of nitrogens with zero attached hydrogens (tertiary/aromatic N) is 3. The summed E-state index contributed by atoms with van der Waals surface area (Å²) >= 11 is 0. The number of carbonyl (C=O) groups is 1. The Morgan fingerprint density at radius 2 is 2.10 bits per heavy atom. The Labute approximate surface area is 123 Å². The highest BCUT2D eigenvalue weighted by atomic mass is 16.4. The van der Waals surface area contributed by atoms with Gasteiger partial charge in [-0.3, -0.25) is 10.1 Å². The first-order valence-corrected chi connectivity index (χ1v) is 6.54. The molecule has 2 N–H and O–H groups in total. The molecule has 0 unspecified atom stereocenters. The van der Waals surface area contributed by atoms with Gasteiger partial charge in [0.1, 0.15) is 0 Å². The predicted molar refractivity (Wildman–Crippen MR) is 81.9 cm³/mol. The van der Waals surface area contributed by atoms with Crippen molar-refractivity contribution in [3.8, 4) is 0 Å². The third kappa shape index (κ3) is 3.10. The lowest BCUT2D eigenvalue weighted by Gasteiger charge is -2.05. The lowest BCUT2D eigenvalue weighted by molar-refractivity contribution is 0.0697. The van der Waals surface area contributed by atoms with Gasteiger partial charge in [0.2, 0.25) is 0 Å². The smallest absolute Gasteiger partial charge is 0.335 e. The quantitative estimate of drug-likeness (QED) is 0.668. The molecule has 0 aliphatic heterocycles. The summed E-state index contributed by atoms with van der Waals surface area (Å²) in [6.45, 7) is 5.82. The minimum Gasteiger partial charge on any atom is -0.478 e. The fourth-order valence-corrected chi connectivity index (χ4v) is 2.22. The first kappa shape index (κ1) is 14.8. The molecule has 1 heterocycles. The molecule has 110 valence electrons. The van der Waals surface area contributed by atoms with Crippen molar-refractivity contribution in [2.75, 3.05) is 5.43 Å². The van der Waals surface area contributed by atoms with Crippen LogP contribution in [-0.4, -0.2) is 26.6 Å². The molecule has 1 aromatic carbocycles. The molecule has 0 radical (unpaired) electrons. The maximum atomic E-state index is 10.9. The van der Waals surface area contributed by atoms with Crippen LogP contribution in [0, 0.1) is 13.8 Å². The Morgan fingerprint density at radius 1 is 1.38 bits per heavy atom. The normalized spacial score (nSPS) is 11.5. The van der Waals surface area contributed by atoms with Crippen LogP contribution in [0.25, 0.3) is 0 Å². The van der Waals surface area contributed by atoms with Crippen molar-refractivity contribution in [1.29, 1.82) is 0 Å². The summed E-state index contributed by atoms with van der Waals surface area (Å²) in [6, 6.07) is 6.53. The van der Waals surface area contributed by atoms with Crippen LogP contribution < -0.4 is 5.43 Å². The standard InChI is InChI=1S/C15H18N4O2/c1-9(14-10(2)18-19(4)11(14)3)16-17-13-7-5-6-12(8-13)15(20)21/h5-8,17H,1-4H3,(H,20,21)/b16-9+. The average Bonchev–Trinajstić information content (AvgIpc) is 2.70. The van der Waals surface area contributed by atoms with E-state index in [4.69, 9.17) is 5.11 Å². The molecule has 2 aromatic rings. The summed E-state index contributed by atoms with van der Waals surface area (Å²) in [7, 11) is 1.89. The van der Waals surface area contributed by atoms with Crippen molar-refractivity contribution in [1.82, 2.24) is 9.78 Å². The van der Waals surface area contributed by atoms with E-state index in [0.29, 0.717) is 5.69 Å². The van der Waals surface area contributed by atoms with E-state index in [1.54, 1.807) is 24.3 Å². The number of aromatic carboxylic acids is 1. The highest BCUT2D eigenvalue weighted by molar-refractivity contribution is 6.01. The van der Waals surface area contributed by atoms with Crippen molar-refractivity contribution >= 4 is 17.4 Å². The molecule has 0 atom stereocenters. The number of carboxylic acids is 1. The Kier molecular flexibility index (Phi) is 4.07. The molecule has 0 amide bonds. The molecular formula is C15H18N4O2. The zero-order valence-electron chi connectivity index (χ0n) is 12.5. The van der Waals surface area contributed by atoms with Crippen molar-refractivity contribution < 1.29 is 9.90 Å². The summed E-state index contributed by atoms with van der Waals surface area (Å²) < 4.78 is 1.81. The van der Waals surface area contributed by atoms with E-state index in [0.717, 1.165) is 22.7 Å². The van der Waals surface area contributed by atoms with Crippen LogP contribution in [0.2, 0.25) is 0 Å². The molecule has 2 rings (SSSR count). The van der Waals surface area contributed by atoms with E-state index in [1.165, 1.54) is 0 Å². The third-order valence-electron chi connectivity index (χ3n) is 3.33. The number of nitrogens with one attached hydrogen (secondary N) is 1. The number of hydrogen-bond donors (Lipinski definition) is 2. The zero-order chi connectivity index (χ0) is 15.6. The van der Waals surface area contributed by atoms with Gasteiger partial charge >= 0.3 is 5.97 Å². The molecule has 0 spiro atoms. The summed E-state index contributed by atoms with van der Waals surface area (Å²) in [5, 5.41) is 17.6. The second-order valence-corrected chi connectivity index (χ2v) is 4.86. The van der Waals surface area contributed by atoms with Gasteiger partial charge in [-0.2, -0.15) is 10.2 Å². The molecule has 0 aliphatic rings. The third-order valence-corrected chi connectivity index (χ3v) is 3.33. The number of benzene rings is 1. The summed E-state index contributed by atoms with van der Waals surface area (Å²) in [4.78, 5) is 10.9. The highest BCUT2D eigenvalue weighted by Gasteiger charge is 2.12. The van der Waals surface area contributed by atoms with E-state index in [1.807, 2.05) is 32.5 Å². The largest absolute Gasteiger partial charge is 0.478 e. The van der Waals surface area contributed by atoms with E-state index < -0.39 is 5.97 Å². The van der Waals surface area contributed by atoms with Gasteiger partial charge in [-0.1, -0.05) is 6.07 Å². The Bertz CT molecular complexity index is 716. The number of anilines is 1. The predicted octanol–water partition coefficient (Wildman–Crippen LogP) is 2.57. The molecular weight excluding hydrogens is 268 g/mol. The maximum absolute atomic E-state index is 10.9. The van der Waals surface area contributed by atoms with Crippen LogP contribution in [0.4, 0.5) is 5.69 Å². The monoisotopic (exact) mass is 286 g/mol. The van der Waals surface area contributed by atoms with Crippen LogP contribution in [0.1, 0.15) is 34.2 Å². The van der Waals surface area contributed by atoms with E-state index in [-0.39, 0.29) is 5.56 Å². The number of aromatic nitrogens is 2. The van der Waals surface area contributed by atoms with Gasteiger partial charge in [-0.15, -0.1) is 0 Å². The van der Waals surface area contributed by atoms with E-state index >= 15 is 0 Å². The second-order valence-electron chi connectivity index (χ2n) is 4.86. The van der Waals surface area contributed by atoms with Gasteiger partial charge < -0.3 is 5.11 Å². The fraction of sp³-hybridized carbons (Fsp3) is 0.267. The number of hydrogen-bond acceptors (Lipinski definition) is 4. The minimum atomic E-state index is -0.960. The SMILES string of the molecule is C/C(=N\Nc1cccc(C(=O)O)c1)c1c(C)nn(C)c1C. The van der Waals surface area contributed by atoms with Crippen LogP contribution in [0.5, 0.6) is 0 Å². The highest BCUT2D eigenvalue weighted by Crippen LogP contribution is 2.15. The van der Waals surface area contributed by atoms with Gasteiger partial charge in [0.25, 0.3) is 0 Å². The van der Waals surface area contributed by atoms with Crippen molar-refractivity contribution in [3.05, 3.63) is 46.8 Å². The zero-order valence-corrected chi connectivity index (χ0v) is 12.5. The number of carboxylic acid groups (broad SMARTS) is 1. The molecule has 21 heavy (non-hydrogen) atoms. The minimum absolute atomic E-state index is 0.224. The lowest BCUT2D eigenvalue weighted by atomic mass is 10.1. The molecule has 0 saturated heterocycles. The molecule has 1 aromatic heterocycles. The molecule has 0 saturated carbocycles. The van der Waals surface area contributed by atoms with E-state index in [2.05, 4.69) is 15.6 Å². The van der Waals surface area contributed by atoms with Gasteiger partial charge in [0.15, 0.2) is 0 Å². The van der Waals surface area contributed by atoms with Gasteiger partial charge in [-0.05, 0) is 39.0 Å². The van der Waals surface area contributed by atoms with Crippen molar-refractivity contribution in [3.63, 3.8) is 0 Å². The molecule has 0 aliphatic carbocycles. The van der Waals surface area contributed by atoms with Crippen LogP contribution in [0.15, 0.2) is 29.4 Å². The number of aryl methyl sites for hydroxylation is 2. The lowest BCUT2D eigenvalue weighted by Crippen LogP contribution is -2.04. The van der Waals surface area contributed by atoms with Gasteiger partial charge in [-0.25, -0.2) is 4.79 Å². The van der Waals surface area contributed by atoms with Crippen molar-refractivity contribution in [2.24, 2.45) is 12.1 Å². The van der Waals surface area contributed by atoms with Crippen LogP contribution >= 0.6 is 0 Å². The first-order valence-electron chi connectivity index (χ1n) is 6.54. The number of rotatable bonds is 4. The topological polar surface area (TPSA) is 79.5 Å². The maximum Gasteiger partial charge on any atom is 0.335 e. The summed E-state index contributed by atoms with van der Waals surface area (Å²) in [6.07, 6.45) is 0. The Morgan fingerprint density at radius 3 is 2.67 bits per heavy atom. The van der Waals surface area contributed by atoms with Gasteiger partial charge in [0.05, 0.1) is 22.7 Å². The molecule has 6 heteroatoms. The molecule has 0 fully saturated rings. The fourth-order valence-electron chi connectivity index (χ4n) is 2.22. The Balaban J connectivity index is 2.24. The van der Waals surface area contributed by atoms with Crippen LogP contribution in [-0.2, 0) is 7.05 Å².